The fourth-order valence-electron chi connectivity index (χ4n) is 14.8. The van der Waals surface area contributed by atoms with Crippen LogP contribution in [0.4, 0.5) is 34.1 Å². The highest BCUT2D eigenvalue weighted by atomic mass is 16.3. The lowest BCUT2D eigenvalue weighted by molar-refractivity contribution is 0.569. The Kier molecular flexibility index (Phi) is 9.51. The molecule has 3 aromatic heterocycles. The number of benzene rings is 13. The van der Waals surface area contributed by atoms with Crippen molar-refractivity contribution in [3.63, 3.8) is 0 Å². The molecule has 18 rings (SSSR count). The number of para-hydroxylation sites is 5. The maximum atomic E-state index is 9.78. The van der Waals surface area contributed by atoms with Gasteiger partial charge in [-0.25, -0.2) is 0 Å². The molecule has 0 atom stereocenters. The van der Waals surface area contributed by atoms with E-state index in [4.69, 9.17) is 9.90 Å². The average molecular weight is 1250 g/mol. The van der Waals surface area contributed by atoms with Crippen LogP contribution in [0, 0.1) is 0 Å². The van der Waals surface area contributed by atoms with E-state index in [-0.39, 0.29) is 59.9 Å². The van der Waals surface area contributed by atoms with Crippen molar-refractivity contribution in [2.24, 2.45) is 0 Å². The Morgan fingerprint density at radius 1 is 0.323 bits per heavy atom. The van der Waals surface area contributed by atoms with Crippen LogP contribution in [0.25, 0.3) is 110 Å². The highest BCUT2D eigenvalue weighted by Gasteiger charge is 2.45. The van der Waals surface area contributed by atoms with Crippen LogP contribution in [0.2, 0.25) is 0 Å². The lowest BCUT2D eigenvalue weighted by Crippen LogP contribution is -2.61. The molecule has 5 nitrogen and oxygen atoms in total. The molecule has 0 saturated heterocycles. The summed E-state index contributed by atoms with van der Waals surface area (Å²) >= 11 is 0. The first-order chi connectivity index (χ1) is 53.2. The largest absolute Gasteiger partial charge is 0.454 e. The van der Waals surface area contributed by atoms with E-state index in [1.807, 2.05) is 84.9 Å². The normalized spacial score (nSPS) is 15.5. The number of fused-ring (bicyclic) bond motifs is 13. The number of anilines is 6. The van der Waals surface area contributed by atoms with Crippen molar-refractivity contribution in [3.8, 4) is 44.8 Å². The van der Waals surface area contributed by atoms with E-state index in [0.29, 0.717) is 45.3 Å². The van der Waals surface area contributed by atoms with E-state index in [9.17, 15) is 16.4 Å². The average Bonchev–Trinajstić information content (AvgIpc) is 0.832. The molecule has 462 valence electrons. The van der Waals surface area contributed by atoms with Crippen LogP contribution in [-0.2, 0) is 16.2 Å². The Morgan fingerprint density at radius 3 is 1.31 bits per heavy atom. The van der Waals surface area contributed by atoms with Crippen LogP contribution in [0.5, 0.6) is 0 Å². The van der Waals surface area contributed by atoms with Gasteiger partial charge in [0.25, 0.3) is 6.71 Å². The number of furan rings is 1. The minimum absolute atomic E-state index is 0.0498. The molecule has 2 aliphatic rings. The summed E-state index contributed by atoms with van der Waals surface area (Å²) in [4.78, 5) is 4.47. The van der Waals surface area contributed by atoms with Gasteiger partial charge in [-0.1, -0.05) is 256 Å². The number of nitrogens with zero attached hydrogens (tertiary/aromatic N) is 4. The van der Waals surface area contributed by atoms with Gasteiger partial charge in [0.05, 0.1) is 55.4 Å². The van der Waals surface area contributed by atoms with Gasteiger partial charge in [0, 0.05) is 72.0 Å². The summed E-state index contributed by atoms with van der Waals surface area (Å²) in [5.41, 5.74) is 15.4. The van der Waals surface area contributed by atoms with Gasteiger partial charge >= 0.3 is 0 Å². The summed E-state index contributed by atoms with van der Waals surface area (Å²) in [6.07, 6.45) is 0. The number of hydrogen-bond donors (Lipinski definition) is 0. The van der Waals surface area contributed by atoms with Gasteiger partial charge in [-0.3, -0.25) is 0 Å². The predicted octanol–water partition coefficient (Wildman–Crippen LogP) is 22.8. The highest BCUT2D eigenvalue weighted by molar-refractivity contribution is 7.00. The van der Waals surface area contributed by atoms with Crippen molar-refractivity contribution in [1.29, 1.82) is 0 Å². The molecule has 6 heteroatoms. The second-order valence-corrected chi connectivity index (χ2v) is 28.6. The summed E-state index contributed by atoms with van der Waals surface area (Å²) in [7, 11) is 0. The number of aromatic nitrogens is 2. The summed E-state index contributed by atoms with van der Waals surface area (Å²) in [6.45, 7) is 19.0. The molecule has 2 aliphatic heterocycles. The first-order valence-electron chi connectivity index (χ1n) is 40.6. The highest BCUT2D eigenvalue weighted by Crippen LogP contribution is 2.52. The zero-order valence-corrected chi connectivity index (χ0v) is 54.6. The van der Waals surface area contributed by atoms with E-state index >= 15 is 0 Å². The van der Waals surface area contributed by atoms with Gasteiger partial charge in [0.15, 0.2) is 5.58 Å². The van der Waals surface area contributed by atoms with Crippen molar-refractivity contribution in [3.05, 3.63) is 295 Å². The maximum absolute atomic E-state index is 9.78. The molecule has 0 N–H and O–H groups in total. The molecule has 16 aromatic rings. The Labute approximate surface area is 584 Å². The van der Waals surface area contributed by atoms with E-state index < -0.39 is 103 Å². The van der Waals surface area contributed by atoms with Gasteiger partial charge in [-0.05, 0) is 162 Å². The van der Waals surface area contributed by atoms with Crippen LogP contribution < -0.4 is 26.2 Å². The first kappa shape index (κ1) is 43.0. The second kappa shape index (κ2) is 21.2. The Hall–Kier alpha value is -11.1. The quantitative estimate of drug-likeness (QED) is 0.149. The molecule has 96 heavy (non-hydrogen) atoms. The minimum Gasteiger partial charge on any atom is -0.454 e. The monoisotopic (exact) mass is 1250 g/mol. The van der Waals surface area contributed by atoms with Gasteiger partial charge in [-0.2, -0.15) is 0 Å². The van der Waals surface area contributed by atoms with Crippen molar-refractivity contribution in [2.45, 2.75) is 78.6 Å². The van der Waals surface area contributed by atoms with Gasteiger partial charge in [0.2, 0.25) is 0 Å². The Bertz CT molecular complexity index is 6680. The molecule has 0 unspecified atom stereocenters. The van der Waals surface area contributed by atoms with Gasteiger partial charge < -0.3 is 23.4 Å². The standard InChI is InChI=1S/C90H73BN4O/c1-88(2,3)61-40-43-70-71-33-24-38-80(87(71)96-85(70)53-61)95-82-55-65(93-77-36-22-18-31-68(77)69-32-19-23-37-78(69)93)42-45-74(82)91-73-44-41-64(92-75-34-20-16-29-66(75)67-30-17-21-35-76(67)92)54-81(73)94(79-46-39-58(56-25-12-10-13-26-56)49-72(79)57-27-14-11-15-28-57)83-50-60(51-84(95)86(83)91)59-47-62(89(4,5)6)52-63(48-59)90(7,8)9/h10-55H,1-9H3/i16D,17D,18D,19D,20D,21D,22D,23D,29D,30D,31D,32D,34D,35D,36D,37D. The molecule has 0 radical (unpaired) electrons. The summed E-state index contributed by atoms with van der Waals surface area (Å²) < 4.78 is 161. The smallest absolute Gasteiger partial charge is 0.252 e. The topological polar surface area (TPSA) is 29.5 Å². The molecule has 13 aromatic carbocycles. The summed E-state index contributed by atoms with van der Waals surface area (Å²) in [5.74, 6) is 0. The zero-order valence-electron chi connectivity index (χ0n) is 70.6. The third-order valence-electron chi connectivity index (χ3n) is 19.6. The van der Waals surface area contributed by atoms with E-state index in [1.54, 1.807) is 9.13 Å². The van der Waals surface area contributed by atoms with E-state index in [0.717, 1.165) is 88.6 Å². The van der Waals surface area contributed by atoms with Crippen LogP contribution in [-0.4, -0.2) is 15.8 Å². The molecular formula is C90H73BN4O. The third-order valence-corrected chi connectivity index (χ3v) is 19.6. The van der Waals surface area contributed by atoms with E-state index in [2.05, 4.69) is 169 Å². The molecule has 0 saturated carbocycles. The Balaban J connectivity index is 1.05. The summed E-state index contributed by atoms with van der Waals surface area (Å²) in [6, 6.07) is 53.8. The SMILES string of the molecule is [2H]c1c([2H])c([2H])c2c(c1[2H])c1c([2H])c([2H])c([2H])c([2H])c1n2-c1ccc2c(c1)N(c1ccc(-c3ccccc3)cc1-c1ccccc1)c1cc(-c3cc(C(C)(C)C)cc(C(C)(C)C)c3)cc3c1B2c1ccc(-n2c4c([2H])c([2H])c([2H])c([2H])c4c4c([2H])c([2H])c([2H])c([2H])c42)cc1N3c1cccc2c1oc1cc(C(C)(C)C)ccc12. The van der Waals surface area contributed by atoms with Crippen molar-refractivity contribution < 1.29 is 26.3 Å². The van der Waals surface area contributed by atoms with Crippen molar-refractivity contribution in [1.82, 2.24) is 9.13 Å². The zero-order chi connectivity index (χ0) is 79.0. The lowest BCUT2D eigenvalue weighted by Gasteiger charge is -2.45. The predicted molar refractivity (Wildman–Crippen MR) is 409 cm³/mol. The number of rotatable bonds is 7. The van der Waals surface area contributed by atoms with Crippen LogP contribution in [0.3, 0.4) is 0 Å². The Morgan fingerprint density at radius 2 is 0.802 bits per heavy atom. The molecule has 0 aliphatic carbocycles. The minimum atomic E-state index is -0.751. The van der Waals surface area contributed by atoms with E-state index in [1.165, 1.54) is 0 Å². The fourth-order valence-corrected chi connectivity index (χ4v) is 14.8. The van der Waals surface area contributed by atoms with Gasteiger partial charge in [-0.15, -0.1) is 0 Å². The second-order valence-electron chi connectivity index (χ2n) is 28.6. The molecule has 0 fully saturated rings. The summed E-state index contributed by atoms with van der Waals surface area (Å²) in [5, 5.41) is 1.41. The molecule has 0 bridgehead atoms. The first-order valence-corrected chi connectivity index (χ1v) is 32.6. The maximum Gasteiger partial charge on any atom is 0.252 e. The molecular weight excluding hydrogens is 1160 g/mol. The molecule has 5 heterocycles. The van der Waals surface area contributed by atoms with Crippen LogP contribution in [0.1, 0.15) is 101 Å². The van der Waals surface area contributed by atoms with Crippen molar-refractivity contribution in [2.75, 3.05) is 9.80 Å². The third kappa shape index (κ3) is 8.98. The molecule has 0 spiro atoms. The van der Waals surface area contributed by atoms with Gasteiger partial charge in [0.1, 0.15) is 5.58 Å². The fraction of sp³-hybridized carbons (Fsp3) is 0.133. The van der Waals surface area contributed by atoms with Crippen LogP contribution >= 0.6 is 0 Å². The van der Waals surface area contributed by atoms with Crippen molar-refractivity contribution >= 4 is 123 Å². The van der Waals surface area contributed by atoms with Crippen LogP contribution in [0.15, 0.2) is 283 Å². The lowest BCUT2D eigenvalue weighted by atomic mass is 9.33. The molecule has 0 amide bonds. The number of hydrogen-bond acceptors (Lipinski definition) is 3.